The van der Waals surface area contributed by atoms with Crippen molar-refractivity contribution in [2.75, 3.05) is 44.2 Å². The standard InChI is InChI=1S/C27H31N3O3/c1-19-8-6-12-23(20(19)2)28-13-15-29(16-14-28)25-24(21-9-4-3-5-10-21)26(31)30(27(25)32)18-22-11-7-17-33-22/h3-6,8-10,12,22H,7,11,13-18H2,1-2H3. The third kappa shape index (κ3) is 4.04. The van der Waals surface area contributed by atoms with Gasteiger partial charge < -0.3 is 14.5 Å². The van der Waals surface area contributed by atoms with Crippen LogP contribution in [0.4, 0.5) is 5.69 Å². The number of ether oxygens (including phenoxy) is 1. The zero-order valence-electron chi connectivity index (χ0n) is 19.4. The molecule has 2 fully saturated rings. The summed E-state index contributed by atoms with van der Waals surface area (Å²) in [5.41, 5.74) is 5.71. The molecule has 6 nitrogen and oxygen atoms in total. The lowest BCUT2D eigenvalue weighted by Crippen LogP contribution is -2.48. The van der Waals surface area contributed by atoms with Crippen LogP contribution in [0.2, 0.25) is 0 Å². The molecule has 3 aliphatic heterocycles. The summed E-state index contributed by atoms with van der Waals surface area (Å²) in [6.07, 6.45) is 1.81. The highest BCUT2D eigenvalue weighted by molar-refractivity contribution is 6.35. The summed E-state index contributed by atoms with van der Waals surface area (Å²) >= 11 is 0. The minimum Gasteiger partial charge on any atom is -0.376 e. The van der Waals surface area contributed by atoms with Crippen LogP contribution in [0.5, 0.6) is 0 Å². The number of anilines is 1. The average molecular weight is 446 g/mol. The predicted octanol–water partition coefficient (Wildman–Crippen LogP) is 3.38. The van der Waals surface area contributed by atoms with E-state index in [1.165, 1.54) is 21.7 Å². The van der Waals surface area contributed by atoms with E-state index in [1.807, 2.05) is 30.3 Å². The van der Waals surface area contributed by atoms with E-state index in [4.69, 9.17) is 4.74 Å². The van der Waals surface area contributed by atoms with E-state index in [1.54, 1.807) is 0 Å². The smallest absolute Gasteiger partial charge is 0.277 e. The van der Waals surface area contributed by atoms with Gasteiger partial charge in [0.15, 0.2) is 0 Å². The van der Waals surface area contributed by atoms with Crippen LogP contribution in [0.15, 0.2) is 54.2 Å². The van der Waals surface area contributed by atoms with E-state index in [0.29, 0.717) is 37.5 Å². The molecule has 2 aromatic rings. The third-order valence-corrected chi connectivity index (χ3v) is 7.13. The molecule has 3 aliphatic rings. The van der Waals surface area contributed by atoms with Crippen LogP contribution < -0.4 is 4.90 Å². The molecule has 0 radical (unpaired) electrons. The van der Waals surface area contributed by atoms with E-state index in [0.717, 1.165) is 31.5 Å². The zero-order valence-corrected chi connectivity index (χ0v) is 19.4. The maximum Gasteiger partial charge on any atom is 0.277 e. The Kier molecular flexibility index (Phi) is 5.94. The Balaban J connectivity index is 1.41. The number of piperazine rings is 1. The third-order valence-electron chi connectivity index (χ3n) is 7.13. The Hall–Kier alpha value is -3.12. The largest absolute Gasteiger partial charge is 0.376 e. The highest BCUT2D eigenvalue weighted by atomic mass is 16.5. The first-order chi connectivity index (χ1) is 16.0. The van der Waals surface area contributed by atoms with Crippen LogP contribution in [0.1, 0.15) is 29.5 Å². The Labute approximate surface area is 195 Å². The molecule has 5 rings (SSSR count). The lowest BCUT2D eigenvalue weighted by atomic mass is 10.0. The number of aryl methyl sites for hydroxylation is 1. The topological polar surface area (TPSA) is 53.1 Å². The Morgan fingerprint density at radius 3 is 2.30 bits per heavy atom. The summed E-state index contributed by atoms with van der Waals surface area (Å²) in [5.74, 6) is -0.386. The Bertz CT molecular complexity index is 1080. The van der Waals surface area contributed by atoms with Gasteiger partial charge in [-0.15, -0.1) is 0 Å². The molecule has 1 atom stereocenters. The maximum absolute atomic E-state index is 13.6. The highest BCUT2D eigenvalue weighted by Crippen LogP contribution is 2.34. The normalized spacial score (nSPS) is 21.5. The van der Waals surface area contributed by atoms with Crippen molar-refractivity contribution in [3.05, 3.63) is 70.9 Å². The molecule has 33 heavy (non-hydrogen) atoms. The molecular weight excluding hydrogens is 414 g/mol. The van der Waals surface area contributed by atoms with Crippen molar-refractivity contribution in [1.82, 2.24) is 9.80 Å². The van der Waals surface area contributed by atoms with Crippen LogP contribution in [0.25, 0.3) is 5.57 Å². The van der Waals surface area contributed by atoms with Gasteiger partial charge in [0.1, 0.15) is 5.70 Å². The molecule has 0 saturated carbocycles. The van der Waals surface area contributed by atoms with Crippen LogP contribution in [-0.4, -0.2) is 67.0 Å². The van der Waals surface area contributed by atoms with E-state index >= 15 is 0 Å². The van der Waals surface area contributed by atoms with Gasteiger partial charge in [-0.1, -0.05) is 42.5 Å². The average Bonchev–Trinajstić information content (AvgIpc) is 3.44. The quantitative estimate of drug-likeness (QED) is 0.661. The monoisotopic (exact) mass is 445 g/mol. The summed E-state index contributed by atoms with van der Waals surface area (Å²) in [6, 6.07) is 16.0. The minimum atomic E-state index is -0.200. The molecule has 6 heteroatoms. The van der Waals surface area contributed by atoms with Gasteiger partial charge >= 0.3 is 0 Å². The molecule has 0 aliphatic carbocycles. The molecule has 2 saturated heterocycles. The number of imide groups is 1. The Morgan fingerprint density at radius 2 is 1.61 bits per heavy atom. The minimum absolute atomic E-state index is 0.0598. The van der Waals surface area contributed by atoms with Crippen molar-refractivity contribution in [3.8, 4) is 0 Å². The summed E-state index contributed by atoms with van der Waals surface area (Å²) in [5, 5.41) is 0. The van der Waals surface area contributed by atoms with Gasteiger partial charge in [-0.2, -0.15) is 0 Å². The lowest BCUT2D eigenvalue weighted by molar-refractivity contribution is -0.139. The first-order valence-corrected chi connectivity index (χ1v) is 11.9. The molecule has 0 bridgehead atoms. The van der Waals surface area contributed by atoms with Crippen LogP contribution in [0, 0.1) is 13.8 Å². The SMILES string of the molecule is Cc1cccc(N2CCN(C3=C(c4ccccc4)C(=O)N(CC4CCCO4)C3=O)CC2)c1C. The molecule has 0 N–H and O–H groups in total. The number of amides is 2. The van der Waals surface area contributed by atoms with Gasteiger partial charge in [0.25, 0.3) is 11.8 Å². The first-order valence-electron chi connectivity index (χ1n) is 11.9. The number of hydrogen-bond donors (Lipinski definition) is 0. The summed E-state index contributed by atoms with van der Waals surface area (Å²) in [7, 11) is 0. The van der Waals surface area contributed by atoms with Crippen molar-refractivity contribution in [3.63, 3.8) is 0 Å². The van der Waals surface area contributed by atoms with E-state index < -0.39 is 0 Å². The number of rotatable bonds is 5. The van der Waals surface area contributed by atoms with Gasteiger partial charge in [-0.3, -0.25) is 14.5 Å². The Morgan fingerprint density at radius 1 is 0.879 bits per heavy atom. The summed E-state index contributed by atoms with van der Waals surface area (Å²) in [4.78, 5) is 33.0. The molecule has 0 spiro atoms. The fourth-order valence-electron chi connectivity index (χ4n) is 5.13. The van der Waals surface area contributed by atoms with Gasteiger partial charge in [0, 0.05) is 38.5 Å². The summed E-state index contributed by atoms with van der Waals surface area (Å²) < 4.78 is 5.73. The van der Waals surface area contributed by atoms with Crippen molar-refractivity contribution in [2.45, 2.75) is 32.8 Å². The van der Waals surface area contributed by atoms with Crippen molar-refractivity contribution in [2.24, 2.45) is 0 Å². The van der Waals surface area contributed by atoms with E-state index in [9.17, 15) is 9.59 Å². The number of benzene rings is 2. The molecule has 2 amide bonds. The molecule has 3 heterocycles. The molecular formula is C27H31N3O3. The lowest BCUT2D eigenvalue weighted by Gasteiger charge is -2.38. The maximum atomic E-state index is 13.6. The molecule has 1 unspecified atom stereocenters. The van der Waals surface area contributed by atoms with Crippen LogP contribution >= 0.6 is 0 Å². The second-order valence-electron chi connectivity index (χ2n) is 9.14. The number of nitrogens with zero attached hydrogens (tertiary/aromatic N) is 3. The van der Waals surface area contributed by atoms with Gasteiger partial charge in [0.05, 0.1) is 18.2 Å². The van der Waals surface area contributed by atoms with Crippen molar-refractivity contribution < 1.29 is 14.3 Å². The highest BCUT2D eigenvalue weighted by Gasteiger charge is 2.43. The second kappa shape index (κ2) is 9.02. The van der Waals surface area contributed by atoms with E-state index in [2.05, 4.69) is 41.8 Å². The van der Waals surface area contributed by atoms with Crippen LogP contribution in [0.3, 0.4) is 0 Å². The van der Waals surface area contributed by atoms with Crippen LogP contribution in [-0.2, 0) is 14.3 Å². The van der Waals surface area contributed by atoms with Crippen molar-refractivity contribution >= 4 is 23.1 Å². The van der Waals surface area contributed by atoms with Crippen molar-refractivity contribution in [1.29, 1.82) is 0 Å². The zero-order chi connectivity index (χ0) is 22.9. The van der Waals surface area contributed by atoms with E-state index in [-0.39, 0.29) is 17.9 Å². The number of hydrogen-bond acceptors (Lipinski definition) is 5. The van der Waals surface area contributed by atoms with Gasteiger partial charge in [0.2, 0.25) is 0 Å². The number of carbonyl (C=O) groups excluding carboxylic acids is 2. The number of carbonyl (C=O) groups is 2. The molecule has 0 aromatic heterocycles. The molecule has 172 valence electrons. The van der Waals surface area contributed by atoms with Gasteiger partial charge in [-0.25, -0.2) is 0 Å². The molecule has 2 aromatic carbocycles. The fourth-order valence-corrected chi connectivity index (χ4v) is 5.13. The fraction of sp³-hybridized carbons (Fsp3) is 0.407. The van der Waals surface area contributed by atoms with Gasteiger partial charge in [-0.05, 0) is 49.4 Å². The first kappa shape index (κ1) is 21.7. The predicted molar refractivity (Wildman–Crippen MR) is 129 cm³/mol. The second-order valence-corrected chi connectivity index (χ2v) is 9.14. The summed E-state index contributed by atoms with van der Waals surface area (Å²) in [6.45, 7) is 8.35.